The minimum atomic E-state index is -1.11. The molecule has 0 unspecified atom stereocenters. The fraction of sp³-hybridized carbons (Fsp3) is 0.125. The van der Waals surface area contributed by atoms with Crippen LogP contribution in [0.3, 0.4) is 0 Å². The largest absolute Gasteiger partial charge is 0.497 e. The van der Waals surface area contributed by atoms with Crippen LogP contribution in [0.15, 0.2) is 48.5 Å². The molecule has 0 aliphatic rings. The van der Waals surface area contributed by atoms with E-state index in [1.54, 1.807) is 24.3 Å². The number of hydrogen-bond acceptors (Lipinski definition) is 6. The molecule has 0 saturated heterocycles. The molecule has 114 valence electrons. The fourth-order valence-corrected chi connectivity index (χ4v) is 1.58. The summed E-state index contributed by atoms with van der Waals surface area (Å²) >= 11 is 0. The van der Waals surface area contributed by atoms with Gasteiger partial charge in [-0.3, -0.25) is 0 Å². The predicted octanol–water partition coefficient (Wildman–Crippen LogP) is 2.21. The van der Waals surface area contributed by atoms with Crippen molar-refractivity contribution in [2.45, 2.75) is 0 Å². The van der Waals surface area contributed by atoms with Gasteiger partial charge in [0.2, 0.25) is 0 Å². The summed E-state index contributed by atoms with van der Waals surface area (Å²) in [5.41, 5.74) is 0. The molecule has 2 aromatic carbocycles. The van der Waals surface area contributed by atoms with Gasteiger partial charge in [0.25, 0.3) is 0 Å². The van der Waals surface area contributed by atoms with Gasteiger partial charge in [0.15, 0.2) is 0 Å². The zero-order chi connectivity index (χ0) is 15.9. The fourth-order valence-electron chi connectivity index (χ4n) is 1.58. The highest BCUT2D eigenvalue weighted by Gasteiger charge is 2.19. The summed E-state index contributed by atoms with van der Waals surface area (Å²) in [6.45, 7) is 0. The van der Waals surface area contributed by atoms with Crippen molar-refractivity contribution in [2.75, 3.05) is 14.2 Å². The summed E-state index contributed by atoms with van der Waals surface area (Å²) < 4.78 is 19.8. The van der Waals surface area contributed by atoms with Crippen molar-refractivity contribution in [3.63, 3.8) is 0 Å². The minimum Gasteiger partial charge on any atom is -0.497 e. The second-order valence-corrected chi connectivity index (χ2v) is 4.13. The second kappa shape index (κ2) is 7.12. The third-order valence-electron chi connectivity index (χ3n) is 2.71. The quantitative estimate of drug-likeness (QED) is 0.490. The first kappa shape index (κ1) is 15.4. The summed E-state index contributed by atoms with van der Waals surface area (Å²) in [5, 5.41) is 0. The Bertz CT molecular complexity index is 586. The monoisotopic (exact) mass is 302 g/mol. The van der Waals surface area contributed by atoms with E-state index in [2.05, 4.69) is 0 Å². The first-order valence-electron chi connectivity index (χ1n) is 6.34. The molecule has 0 bridgehead atoms. The number of esters is 2. The lowest BCUT2D eigenvalue weighted by atomic mass is 10.3. The van der Waals surface area contributed by atoms with Gasteiger partial charge in [0.05, 0.1) is 14.2 Å². The molecule has 22 heavy (non-hydrogen) atoms. The maximum absolute atomic E-state index is 11.6. The average Bonchev–Trinajstić information content (AvgIpc) is 2.56. The third-order valence-corrected chi connectivity index (χ3v) is 2.71. The third kappa shape index (κ3) is 3.99. The number of carbonyl (C=O) groups excluding carboxylic acids is 2. The number of benzene rings is 2. The molecule has 0 N–H and O–H groups in total. The molecule has 0 spiro atoms. The first-order chi connectivity index (χ1) is 10.6. The number of rotatable bonds is 4. The van der Waals surface area contributed by atoms with Crippen LogP contribution in [0.2, 0.25) is 0 Å². The molecule has 6 heteroatoms. The van der Waals surface area contributed by atoms with Crippen molar-refractivity contribution in [1.29, 1.82) is 0 Å². The molecule has 6 nitrogen and oxygen atoms in total. The van der Waals surface area contributed by atoms with Crippen LogP contribution in [-0.4, -0.2) is 26.2 Å². The summed E-state index contributed by atoms with van der Waals surface area (Å²) in [5.74, 6) is -0.557. The molecule has 0 aliphatic carbocycles. The molecule has 0 atom stereocenters. The molecule has 0 amide bonds. The molecule has 0 aromatic heterocycles. The van der Waals surface area contributed by atoms with Crippen LogP contribution in [-0.2, 0) is 9.59 Å². The van der Waals surface area contributed by atoms with E-state index in [0.717, 1.165) is 0 Å². The maximum Gasteiger partial charge on any atom is 0.423 e. The predicted molar refractivity (Wildman–Crippen MR) is 77.3 cm³/mol. The summed E-state index contributed by atoms with van der Waals surface area (Å²) in [4.78, 5) is 23.3. The smallest absolute Gasteiger partial charge is 0.423 e. The Morgan fingerprint density at radius 3 is 1.14 bits per heavy atom. The molecule has 0 aliphatic heterocycles. The Labute approximate surface area is 127 Å². The zero-order valence-electron chi connectivity index (χ0n) is 12.1. The summed E-state index contributed by atoms with van der Waals surface area (Å²) in [7, 11) is 3.04. The van der Waals surface area contributed by atoms with E-state index in [1.165, 1.54) is 38.5 Å². The van der Waals surface area contributed by atoms with Crippen molar-refractivity contribution in [2.24, 2.45) is 0 Å². The Morgan fingerprint density at radius 2 is 0.864 bits per heavy atom. The van der Waals surface area contributed by atoms with Crippen molar-refractivity contribution < 1.29 is 28.5 Å². The SMILES string of the molecule is COc1ccc(OC(=O)C(=O)Oc2ccc(OC)cc2)cc1. The van der Waals surface area contributed by atoms with Gasteiger partial charge in [0, 0.05) is 0 Å². The number of carbonyl (C=O) groups is 2. The molecular weight excluding hydrogens is 288 g/mol. The molecule has 2 rings (SSSR count). The van der Waals surface area contributed by atoms with Crippen LogP contribution in [0.1, 0.15) is 0 Å². The van der Waals surface area contributed by atoms with E-state index in [4.69, 9.17) is 18.9 Å². The maximum atomic E-state index is 11.6. The van der Waals surface area contributed by atoms with Gasteiger partial charge in [-0.25, -0.2) is 9.59 Å². The van der Waals surface area contributed by atoms with Gasteiger partial charge in [-0.2, -0.15) is 0 Å². The summed E-state index contributed by atoms with van der Waals surface area (Å²) in [6.07, 6.45) is 0. The van der Waals surface area contributed by atoms with Crippen LogP contribution < -0.4 is 18.9 Å². The average molecular weight is 302 g/mol. The van der Waals surface area contributed by atoms with Crippen LogP contribution >= 0.6 is 0 Å². The molecule has 0 saturated carbocycles. The van der Waals surface area contributed by atoms with Crippen LogP contribution in [0.5, 0.6) is 23.0 Å². The lowest BCUT2D eigenvalue weighted by Crippen LogP contribution is -2.25. The molecule has 0 radical (unpaired) electrons. The highest BCUT2D eigenvalue weighted by molar-refractivity contribution is 6.31. The minimum absolute atomic E-state index is 0.220. The lowest BCUT2D eigenvalue weighted by Gasteiger charge is -2.06. The topological polar surface area (TPSA) is 71.1 Å². The standard InChI is InChI=1S/C16H14O6/c1-19-11-3-7-13(8-4-11)21-15(17)16(18)22-14-9-5-12(20-2)6-10-14/h3-10H,1-2H3. The van der Waals surface area contributed by atoms with Crippen molar-refractivity contribution >= 4 is 11.9 Å². The van der Waals surface area contributed by atoms with Crippen LogP contribution in [0.4, 0.5) is 0 Å². The zero-order valence-corrected chi connectivity index (χ0v) is 12.1. The molecule has 0 heterocycles. The van der Waals surface area contributed by atoms with E-state index >= 15 is 0 Å². The highest BCUT2D eigenvalue weighted by Crippen LogP contribution is 2.19. The highest BCUT2D eigenvalue weighted by atomic mass is 16.6. The number of ether oxygens (including phenoxy) is 4. The summed E-state index contributed by atoms with van der Waals surface area (Å²) in [6, 6.07) is 12.5. The number of methoxy groups -OCH3 is 2. The van der Waals surface area contributed by atoms with Gasteiger partial charge >= 0.3 is 11.9 Å². The Morgan fingerprint density at radius 1 is 0.591 bits per heavy atom. The van der Waals surface area contributed by atoms with Crippen molar-refractivity contribution in [3.8, 4) is 23.0 Å². The Balaban J connectivity index is 1.94. The van der Waals surface area contributed by atoms with E-state index < -0.39 is 11.9 Å². The van der Waals surface area contributed by atoms with E-state index in [-0.39, 0.29) is 11.5 Å². The van der Waals surface area contributed by atoms with Gasteiger partial charge in [-0.15, -0.1) is 0 Å². The van der Waals surface area contributed by atoms with Gasteiger partial charge in [-0.1, -0.05) is 0 Å². The second-order valence-electron chi connectivity index (χ2n) is 4.13. The molecular formula is C16H14O6. The molecule has 0 fully saturated rings. The lowest BCUT2D eigenvalue weighted by molar-refractivity contribution is -0.156. The van der Waals surface area contributed by atoms with Crippen LogP contribution in [0, 0.1) is 0 Å². The number of hydrogen-bond donors (Lipinski definition) is 0. The van der Waals surface area contributed by atoms with Gasteiger partial charge in [-0.05, 0) is 48.5 Å². The molecule has 2 aromatic rings. The van der Waals surface area contributed by atoms with Gasteiger partial charge in [0.1, 0.15) is 23.0 Å². The van der Waals surface area contributed by atoms with E-state index in [9.17, 15) is 9.59 Å². The van der Waals surface area contributed by atoms with Crippen molar-refractivity contribution in [3.05, 3.63) is 48.5 Å². The van der Waals surface area contributed by atoms with Crippen LogP contribution in [0.25, 0.3) is 0 Å². The normalized spacial score (nSPS) is 9.73. The Kier molecular flexibility index (Phi) is 4.98. The van der Waals surface area contributed by atoms with Crippen molar-refractivity contribution in [1.82, 2.24) is 0 Å². The first-order valence-corrected chi connectivity index (χ1v) is 6.34. The Hall–Kier alpha value is -3.02. The van der Waals surface area contributed by atoms with E-state index in [0.29, 0.717) is 11.5 Å². The van der Waals surface area contributed by atoms with E-state index in [1.807, 2.05) is 0 Å². The van der Waals surface area contributed by atoms with Gasteiger partial charge < -0.3 is 18.9 Å².